The summed E-state index contributed by atoms with van der Waals surface area (Å²) < 4.78 is 7.18. The number of carbonyl (C=O) groups excluding carboxylic acids is 2. The first kappa shape index (κ1) is 21.0. The maximum absolute atomic E-state index is 13.0. The summed E-state index contributed by atoms with van der Waals surface area (Å²) in [6.07, 6.45) is 6.81. The number of piperazine rings is 1. The molecule has 3 heterocycles. The lowest BCUT2D eigenvalue weighted by atomic mass is 10.2. The molecule has 9 heteroatoms. The van der Waals surface area contributed by atoms with Crippen molar-refractivity contribution in [1.29, 1.82) is 0 Å². The highest BCUT2D eigenvalue weighted by atomic mass is 16.5. The van der Waals surface area contributed by atoms with Crippen molar-refractivity contribution in [3.8, 4) is 11.6 Å². The summed E-state index contributed by atoms with van der Waals surface area (Å²) in [6.45, 7) is 2.67. The predicted molar refractivity (Wildman–Crippen MR) is 124 cm³/mol. The number of hydrogen-bond acceptors (Lipinski definition) is 6. The summed E-state index contributed by atoms with van der Waals surface area (Å²) in [5.41, 5.74) is 2.09. The number of ether oxygens (including phenoxy) is 1. The molecule has 2 amide bonds. The molecular weight excluding hydrogens is 420 g/mol. The zero-order valence-electron chi connectivity index (χ0n) is 18.5. The molecule has 2 aliphatic rings. The van der Waals surface area contributed by atoms with Gasteiger partial charge >= 0.3 is 0 Å². The zero-order valence-corrected chi connectivity index (χ0v) is 18.5. The first-order chi connectivity index (χ1) is 16.1. The second-order valence-electron chi connectivity index (χ2n) is 8.29. The molecule has 0 atom stereocenters. The number of carbonyl (C=O) groups is 2. The molecule has 1 saturated carbocycles. The summed E-state index contributed by atoms with van der Waals surface area (Å²) in [4.78, 5) is 37.6. The van der Waals surface area contributed by atoms with Gasteiger partial charge in [-0.2, -0.15) is 0 Å². The second-order valence-corrected chi connectivity index (χ2v) is 8.29. The number of amides is 2. The molecule has 3 aromatic rings. The number of aromatic nitrogens is 3. The fourth-order valence-electron chi connectivity index (χ4n) is 3.96. The van der Waals surface area contributed by atoms with Gasteiger partial charge in [0, 0.05) is 38.3 Å². The molecule has 9 nitrogen and oxygen atoms in total. The number of para-hydroxylation sites is 2. The van der Waals surface area contributed by atoms with E-state index in [9.17, 15) is 9.59 Å². The van der Waals surface area contributed by atoms with Crippen molar-refractivity contribution in [2.24, 2.45) is 5.92 Å². The summed E-state index contributed by atoms with van der Waals surface area (Å²) in [5, 5.41) is 2.87. The van der Waals surface area contributed by atoms with Gasteiger partial charge in [0.25, 0.3) is 5.91 Å². The number of imidazole rings is 1. The highest BCUT2D eigenvalue weighted by molar-refractivity contribution is 5.94. The van der Waals surface area contributed by atoms with E-state index in [-0.39, 0.29) is 17.7 Å². The highest BCUT2D eigenvalue weighted by Crippen LogP contribution is 2.30. The Morgan fingerprint density at radius 1 is 1.03 bits per heavy atom. The number of pyridine rings is 1. The van der Waals surface area contributed by atoms with E-state index in [2.05, 4.69) is 20.2 Å². The van der Waals surface area contributed by atoms with Crippen LogP contribution in [-0.2, 0) is 4.79 Å². The van der Waals surface area contributed by atoms with Crippen LogP contribution in [0.1, 0.15) is 23.3 Å². The van der Waals surface area contributed by atoms with Gasteiger partial charge in [-0.15, -0.1) is 0 Å². The second kappa shape index (κ2) is 8.93. The molecule has 0 radical (unpaired) electrons. The number of anilines is 2. The fourth-order valence-corrected chi connectivity index (χ4v) is 3.96. The molecule has 1 aromatic carbocycles. The van der Waals surface area contributed by atoms with E-state index in [1.54, 1.807) is 42.5 Å². The van der Waals surface area contributed by atoms with Crippen molar-refractivity contribution in [1.82, 2.24) is 19.4 Å². The molecule has 2 aromatic heterocycles. The van der Waals surface area contributed by atoms with Crippen LogP contribution in [0.5, 0.6) is 5.75 Å². The number of benzene rings is 1. The Bertz CT molecular complexity index is 1150. The van der Waals surface area contributed by atoms with Crippen molar-refractivity contribution >= 4 is 23.2 Å². The van der Waals surface area contributed by atoms with E-state index < -0.39 is 0 Å². The Labute approximate surface area is 192 Å². The summed E-state index contributed by atoms with van der Waals surface area (Å²) in [7, 11) is 1.67. The number of rotatable bonds is 6. The van der Waals surface area contributed by atoms with Crippen molar-refractivity contribution in [3.63, 3.8) is 0 Å². The zero-order chi connectivity index (χ0) is 22.8. The molecule has 170 valence electrons. The minimum absolute atomic E-state index is 0.0471. The third-order valence-corrected chi connectivity index (χ3v) is 6.02. The van der Waals surface area contributed by atoms with Crippen LogP contribution >= 0.6 is 0 Å². The molecular formula is C24H26N6O3. The molecule has 1 aliphatic carbocycles. The van der Waals surface area contributed by atoms with Crippen molar-refractivity contribution < 1.29 is 14.3 Å². The SMILES string of the molecule is COc1ccccc1N1CCN(C(=O)c2cn(-c3ccc(NC(=O)C4CC4)cn3)cn2)CC1. The smallest absolute Gasteiger partial charge is 0.274 e. The Morgan fingerprint density at radius 3 is 2.52 bits per heavy atom. The third kappa shape index (κ3) is 4.52. The lowest BCUT2D eigenvalue weighted by Gasteiger charge is -2.36. The van der Waals surface area contributed by atoms with E-state index in [1.165, 1.54) is 0 Å². The summed E-state index contributed by atoms with van der Waals surface area (Å²) >= 11 is 0. The van der Waals surface area contributed by atoms with Crippen molar-refractivity contribution in [2.45, 2.75) is 12.8 Å². The van der Waals surface area contributed by atoms with E-state index in [0.717, 1.165) is 37.4 Å². The molecule has 1 aliphatic heterocycles. The largest absolute Gasteiger partial charge is 0.495 e. The van der Waals surface area contributed by atoms with Crippen LogP contribution < -0.4 is 15.0 Å². The monoisotopic (exact) mass is 446 g/mol. The molecule has 33 heavy (non-hydrogen) atoms. The Balaban J connectivity index is 1.20. The van der Waals surface area contributed by atoms with Gasteiger partial charge in [0.2, 0.25) is 5.91 Å². The normalized spacial score (nSPS) is 15.9. The number of nitrogens with zero attached hydrogens (tertiary/aromatic N) is 5. The quantitative estimate of drug-likeness (QED) is 0.626. The number of methoxy groups -OCH3 is 1. The number of hydrogen-bond donors (Lipinski definition) is 1. The Hall–Kier alpha value is -3.88. The van der Waals surface area contributed by atoms with Crippen molar-refractivity contribution in [3.05, 3.63) is 60.8 Å². The molecule has 1 saturated heterocycles. The van der Waals surface area contributed by atoms with Gasteiger partial charge in [0.1, 0.15) is 23.6 Å². The van der Waals surface area contributed by atoms with Crippen LogP contribution in [0.3, 0.4) is 0 Å². The van der Waals surface area contributed by atoms with Crippen LogP contribution in [0.2, 0.25) is 0 Å². The van der Waals surface area contributed by atoms with E-state index in [1.807, 2.05) is 29.2 Å². The molecule has 0 spiro atoms. The van der Waals surface area contributed by atoms with Crippen LogP contribution in [0.15, 0.2) is 55.1 Å². The van der Waals surface area contributed by atoms with Gasteiger partial charge in [0.05, 0.1) is 24.7 Å². The van der Waals surface area contributed by atoms with Crippen molar-refractivity contribution in [2.75, 3.05) is 43.5 Å². The minimum Gasteiger partial charge on any atom is -0.495 e. The topological polar surface area (TPSA) is 92.6 Å². The lowest BCUT2D eigenvalue weighted by Crippen LogP contribution is -2.49. The first-order valence-corrected chi connectivity index (χ1v) is 11.1. The van der Waals surface area contributed by atoms with Gasteiger partial charge in [0.15, 0.2) is 0 Å². The molecule has 5 rings (SSSR count). The first-order valence-electron chi connectivity index (χ1n) is 11.1. The van der Waals surface area contributed by atoms with Gasteiger partial charge < -0.3 is 19.9 Å². The highest BCUT2D eigenvalue weighted by Gasteiger charge is 2.29. The third-order valence-electron chi connectivity index (χ3n) is 6.02. The maximum atomic E-state index is 13.0. The van der Waals surface area contributed by atoms with Gasteiger partial charge in [-0.25, -0.2) is 9.97 Å². The average molecular weight is 447 g/mol. The van der Waals surface area contributed by atoms with E-state index in [0.29, 0.717) is 30.3 Å². The minimum atomic E-state index is -0.0956. The van der Waals surface area contributed by atoms with Gasteiger partial charge in [-0.1, -0.05) is 12.1 Å². The molecule has 0 unspecified atom stereocenters. The lowest BCUT2D eigenvalue weighted by molar-refractivity contribution is -0.117. The Morgan fingerprint density at radius 2 is 1.82 bits per heavy atom. The maximum Gasteiger partial charge on any atom is 0.274 e. The predicted octanol–water partition coefficient (Wildman–Crippen LogP) is 2.59. The van der Waals surface area contributed by atoms with E-state index in [4.69, 9.17) is 4.74 Å². The van der Waals surface area contributed by atoms with Crippen LogP contribution in [0.25, 0.3) is 5.82 Å². The molecule has 0 bridgehead atoms. The van der Waals surface area contributed by atoms with Crippen LogP contribution in [-0.4, -0.2) is 64.5 Å². The van der Waals surface area contributed by atoms with Gasteiger partial charge in [-0.3, -0.25) is 14.2 Å². The van der Waals surface area contributed by atoms with Crippen LogP contribution in [0.4, 0.5) is 11.4 Å². The average Bonchev–Trinajstić information content (AvgIpc) is 3.61. The van der Waals surface area contributed by atoms with Crippen LogP contribution in [0, 0.1) is 5.92 Å². The fraction of sp³-hybridized carbons (Fsp3) is 0.333. The number of nitrogens with one attached hydrogen (secondary N) is 1. The molecule has 2 fully saturated rings. The summed E-state index contributed by atoms with van der Waals surface area (Å²) in [6, 6.07) is 11.5. The standard InChI is InChI=1S/C24H26N6O3/c1-33-21-5-3-2-4-20(21)28-10-12-29(13-11-28)24(32)19-15-30(16-26-19)22-9-8-18(14-25-22)27-23(31)17-6-7-17/h2-5,8-9,14-17H,6-7,10-13H2,1H3,(H,27,31). The summed E-state index contributed by atoms with van der Waals surface area (Å²) in [5.74, 6) is 1.56. The van der Waals surface area contributed by atoms with Gasteiger partial charge in [-0.05, 0) is 37.1 Å². The Kier molecular flexibility index (Phi) is 5.68. The van der Waals surface area contributed by atoms with E-state index >= 15 is 0 Å². The molecule has 1 N–H and O–H groups in total.